The summed E-state index contributed by atoms with van der Waals surface area (Å²) in [6, 6.07) is 2.88. The average Bonchev–Trinajstić information content (AvgIpc) is 2.83. The normalized spacial score (nSPS) is 25.1. The van der Waals surface area contributed by atoms with E-state index in [1.54, 1.807) is 0 Å². The number of ether oxygens (including phenoxy) is 1. The minimum atomic E-state index is -1.33. The van der Waals surface area contributed by atoms with Gasteiger partial charge in [0.25, 0.3) is 11.8 Å². The molecule has 1 aromatic rings. The number of imide groups is 1. The van der Waals surface area contributed by atoms with Gasteiger partial charge in [-0.15, -0.1) is 0 Å². The summed E-state index contributed by atoms with van der Waals surface area (Å²) in [6.07, 6.45) is -0.711. The summed E-state index contributed by atoms with van der Waals surface area (Å²) >= 11 is 0. The highest BCUT2D eigenvalue weighted by molar-refractivity contribution is 6.21. The second kappa shape index (κ2) is 4.38. The summed E-state index contributed by atoms with van der Waals surface area (Å²) in [6.45, 7) is 0. The zero-order valence-corrected chi connectivity index (χ0v) is 10.2. The molecule has 104 valence electrons. The predicted molar refractivity (Wildman–Crippen MR) is 63.7 cm³/mol. The van der Waals surface area contributed by atoms with Crippen molar-refractivity contribution >= 4 is 23.5 Å². The van der Waals surface area contributed by atoms with E-state index < -0.39 is 35.8 Å². The Morgan fingerprint density at radius 2 is 1.85 bits per heavy atom. The van der Waals surface area contributed by atoms with Crippen LogP contribution < -0.4 is 4.90 Å². The van der Waals surface area contributed by atoms with Gasteiger partial charge in [-0.25, -0.2) is 14.1 Å². The molecule has 1 N–H and O–H groups in total. The fourth-order valence-electron chi connectivity index (χ4n) is 2.51. The Morgan fingerprint density at radius 3 is 2.40 bits per heavy atom. The second-order valence-corrected chi connectivity index (χ2v) is 4.67. The fraction of sp³-hybridized carbons (Fsp3) is 0.308. The van der Waals surface area contributed by atoms with Gasteiger partial charge in [-0.05, 0) is 31.0 Å². The lowest BCUT2D eigenvalue weighted by molar-refractivity contribution is -0.146. The molecule has 2 atom stereocenters. The number of anilines is 1. The number of hydrogen-bond donors (Lipinski definition) is 1. The molecule has 3 rings (SSSR count). The van der Waals surface area contributed by atoms with Gasteiger partial charge in [-0.1, -0.05) is 0 Å². The third-order valence-electron chi connectivity index (χ3n) is 3.44. The highest BCUT2D eigenvalue weighted by atomic mass is 19.1. The second-order valence-electron chi connectivity index (χ2n) is 4.67. The van der Waals surface area contributed by atoms with Crippen molar-refractivity contribution in [2.24, 2.45) is 0 Å². The van der Waals surface area contributed by atoms with Crippen molar-refractivity contribution in [1.29, 1.82) is 0 Å². The molecule has 2 aliphatic heterocycles. The SMILES string of the molecule is O=C(O)c1ccc(F)cc1N1C(=O)C2CCC(O2)C1=O. The minimum Gasteiger partial charge on any atom is -0.478 e. The molecule has 0 aliphatic carbocycles. The van der Waals surface area contributed by atoms with Crippen molar-refractivity contribution in [1.82, 2.24) is 0 Å². The summed E-state index contributed by atoms with van der Waals surface area (Å²) in [4.78, 5) is 36.2. The first-order valence-electron chi connectivity index (χ1n) is 6.05. The maximum Gasteiger partial charge on any atom is 0.337 e. The molecule has 2 heterocycles. The Balaban J connectivity index is 2.12. The molecule has 2 fully saturated rings. The smallest absolute Gasteiger partial charge is 0.337 e. The first kappa shape index (κ1) is 12.7. The molecule has 2 bridgehead atoms. The molecule has 20 heavy (non-hydrogen) atoms. The molecular weight excluding hydrogens is 269 g/mol. The van der Waals surface area contributed by atoms with E-state index in [0.29, 0.717) is 12.8 Å². The van der Waals surface area contributed by atoms with Crippen LogP contribution in [0.5, 0.6) is 0 Å². The van der Waals surface area contributed by atoms with Gasteiger partial charge in [-0.3, -0.25) is 9.59 Å². The van der Waals surface area contributed by atoms with Gasteiger partial charge in [0.1, 0.15) is 18.0 Å². The standard InChI is InChI=1S/C13H10FNO5/c14-6-1-2-7(13(18)19)8(5-6)15-11(16)9-3-4-10(20-9)12(15)17/h1-2,5,9-10H,3-4H2,(H,18,19). The van der Waals surface area contributed by atoms with E-state index >= 15 is 0 Å². The largest absolute Gasteiger partial charge is 0.478 e. The van der Waals surface area contributed by atoms with Crippen LogP contribution in [0, 0.1) is 5.82 Å². The number of benzene rings is 1. The highest BCUT2D eigenvalue weighted by Crippen LogP contribution is 2.33. The van der Waals surface area contributed by atoms with E-state index in [1.807, 2.05) is 0 Å². The van der Waals surface area contributed by atoms with E-state index in [9.17, 15) is 18.8 Å². The van der Waals surface area contributed by atoms with Gasteiger partial charge >= 0.3 is 5.97 Å². The van der Waals surface area contributed by atoms with Gasteiger partial charge in [-0.2, -0.15) is 0 Å². The van der Waals surface area contributed by atoms with Crippen LogP contribution in [-0.2, 0) is 14.3 Å². The van der Waals surface area contributed by atoms with Gasteiger partial charge < -0.3 is 9.84 Å². The topological polar surface area (TPSA) is 83.9 Å². The molecule has 0 spiro atoms. The van der Waals surface area contributed by atoms with Crippen LogP contribution in [-0.4, -0.2) is 35.1 Å². The maximum absolute atomic E-state index is 13.4. The molecule has 0 saturated carbocycles. The molecule has 2 aliphatic rings. The molecule has 2 unspecified atom stereocenters. The van der Waals surface area contributed by atoms with Gasteiger partial charge in [0.2, 0.25) is 0 Å². The third kappa shape index (κ3) is 1.78. The van der Waals surface area contributed by atoms with Crippen molar-refractivity contribution < 1.29 is 28.6 Å². The fourth-order valence-corrected chi connectivity index (χ4v) is 2.51. The Morgan fingerprint density at radius 1 is 1.25 bits per heavy atom. The number of aromatic carboxylic acids is 1. The summed E-state index contributed by atoms with van der Waals surface area (Å²) in [5.41, 5.74) is -0.540. The lowest BCUT2D eigenvalue weighted by atomic mass is 10.1. The van der Waals surface area contributed by atoms with Crippen LogP contribution in [0.1, 0.15) is 23.2 Å². The van der Waals surface area contributed by atoms with Crippen LogP contribution in [0.3, 0.4) is 0 Å². The maximum atomic E-state index is 13.4. The van der Waals surface area contributed by atoms with Crippen molar-refractivity contribution in [2.45, 2.75) is 25.0 Å². The number of rotatable bonds is 2. The number of carboxylic acids is 1. The summed E-state index contributed by atoms with van der Waals surface area (Å²) in [5.74, 6) is -3.34. The number of halogens is 1. The van der Waals surface area contributed by atoms with E-state index in [-0.39, 0.29) is 11.3 Å². The Labute approximate surface area is 112 Å². The van der Waals surface area contributed by atoms with Crippen molar-refractivity contribution in [2.75, 3.05) is 4.90 Å². The quantitative estimate of drug-likeness (QED) is 0.815. The van der Waals surface area contributed by atoms with E-state index in [2.05, 4.69) is 0 Å². The lowest BCUT2D eigenvalue weighted by Gasteiger charge is -2.30. The van der Waals surface area contributed by atoms with Crippen molar-refractivity contribution in [3.8, 4) is 0 Å². The number of carbonyl (C=O) groups excluding carboxylic acids is 2. The lowest BCUT2D eigenvalue weighted by Crippen LogP contribution is -2.52. The Kier molecular flexibility index (Phi) is 2.79. The van der Waals surface area contributed by atoms with E-state index in [1.165, 1.54) is 0 Å². The molecule has 0 aromatic heterocycles. The van der Waals surface area contributed by atoms with Gasteiger partial charge in [0, 0.05) is 0 Å². The first-order valence-corrected chi connectivity index (χ1v) is 6.05. The first-order chi connectivity index (χ1) is 9.49. The van der Waals surface area contributed by atoms with Gasteiger partial charge in [0.15, 0.2) is 0 Å². The molecule has 2 saturated heterocycles. The van der Waals surface area contributed by atoms with E-state index in [4.69, 9.17) is 9.84 Å². The summed E-state index contributed by atoms with van der Waals surface area (Å²) in [7, 11) is 0. The van der Waals surface area contributed by atoms with Crippen LogP contribution in [0.2, 0.25) is 0 Å². The number of nitrogens with zero attached hydrogens (tertiary/aromatic N) is 1. The zero-order chi connectivity index (χ0) is 14.4. The Bertz CT molecular complexity index is 607. The number of morpholine rings is 1. The van der Waals surface area contributed by atoms with Crippen LogP contribution in [0.15, 0.2) is 18.2 Å². The molecule has 1 aromatic carbocycles. The summed E-state index contributed by atoms with van der Waals surface area (Å²) < 4.78 is 18.6. The molecule has 6 nitrogen and oxygen atoms in total. The molecule has 0 radical (unpaired) electrons. The number of carbonyl (C=O) groups is 3. The third-order valence-corrected chi connectivity index (χ3v) is 3.44. The predicted octanol–water partition coefficient (Wildman–Crippen LogP) is 0.945. The molecule has 7 heteroatoms. The van der Waals surface area contributed by atoms with Crippen LogP contribution >= 0.6 is 0 Å². The number of amides is 2. The molecular formula is C13H10FNO5. The molecule has 2 amide bonds. The zero-order valence-electron chi connectivity index (χ0n) is 10.2. The summed E-state index contributed by atoms with van der Waals surface area (Å²) in [5, 5.41) is 9.10. The number of fused-ring (bicyclic) bond motifs is 2. The highest BCUT2D eigenvalue weighted by Gasteiger charge is 2.47. The van der Waals surface area contributed by atoms with E-state index in [0.717, 1.165) is 23.1 Å². The number of carboxylic acid groups (broad SMARTS) is 1. The van der Waals surface area contributed by atoms with Crippen molar-refractivity contribution in [3.05, 3.63) is 29.6 Å². The minimum absolute atomic E-state index is 0.243. The Hall–Kier alpha value is -2.28. The monoisotopic (exact) mass is 279 g/mol. The number of hydrogen-bond acceptors (Lipinski definition) is 4. The van der Waals surface area contributed by atoms with Crippen molar-refractivity contribution in [3.63, 3.8) is 0 Å². The van der Waals surface area contributed by atoms with Crippen LogP contribution in [0.25, 0.3) is 0 Å². The average molecular weight is 279 g/mol. The van der Waals surface area contributed by atoms with Gasteiger partial charge in [0.05, 0.1) is 11.3 Å². The van der Waals surface area contributed by atoms with Crippen LogP contribution in [0.4, 0.5) is 10.1 Å².